The number of hydrogen-bond donors (Lipinski definition) is 2. The first-order chi connectivity index (χ1) is 10.1. The fourth-order valence-corrected chi connectivity index (χ4v) is 2.27. The maximum Gasteiger partial charge on any atom is 0.272 e. The zero-order chi connectivity index (χ0) is 14.8. The van der Waals surface area contributed by atoms with Crippen molar-refractivity contribution in [3.05, 3.63) is 59.5 Å². The SMILES string of the molecule is Cc1ccc2[nH]nc(C(=O)NC(C)c3ccccn3)c2c1. The van der Waals surface area contributed by atoms with Gasteiger partial charge >= 0.3 is 0 Å². The molecule has 2 aromatic heterocycles. The first-order valence-electron chi connectivity index (χ1n) is 6.81. The molecular weight excluding hydrogens is 264 g/mol. The standard InChI is InChI=1S/C16H16N4O/c1-10-6-7-14-12(9-10)15(20-19-14)16(21)18-11(2)13-5-3-4-8-17-13/h3-9,11H,1-2H3,(H,18,21)(H,19,20). The average molecular weight is 280 g/mol. The van der Waals surface area contributed by atoms with Gasteiger partial charge in [-0.2, -0.15) is 5.10 Å². The van der Waals surface area contributed by atoms with Crippen molar-refractivity contribution in [2.45, 2.75) is 19.9 Å². The minimum atomic E-state index is -0.204. The summed E-state index contributed by atoms with van der Waals surface area (Å²) in [4.78, 5) is 16.6. The molecule has 1 atom stereocenters. The van der Waals surface area contributed by atoms with Crippen LogP contribution in [0.25, 0.3) is 10.9 Å². The minimum Gasteiger partial charge on any atom is -0.343 e. The highest BCUT2D eigenvalue weighted by atomic mass is 16.2. The number of carbonyl (C=O) groups is 1. The molecule has 0 saturated heterocycles. The Bertz CT molecular complexity index is 779. The van der Waals surface area contributed by atoms with Crippen LogP contribution in [0.1, 0.15) is 34.7 Å². The van der Waals surface area contributed by atoms with Gasteiger partial charge in [-0.3, -0.25) is 14.9 Å². The van der Waals surface area contributed by atoms with E-state index >= 15 is 0 Å². The number of nitrogens with zero attached hydrogens (tertiary/aromatic N) is 2. The number of hydrogen-bond acceptors (Lipinski definition) is 3. The molecule has 0 aliphatic rings. The van der Waals surface area contributed by atoms with E-state index in [1.165, 1.54) is 0 Å². The van der Waals surface area contributed by atoms with E-state index in [1.807, 2.05) is 50.2 Å². The third-order valence-electron chi connectivity index (χ3n) is 3.41. The zero-order valence-electron chi connectivity index (χ0n) is 11.9. The Morgan fingerprint density at radius 1 is 1.29 bits per heavy atom. The molecule has 0 aliphatic carbocycles. The van der Waals surface area contributed by atoms with Crippen LogP contribution in [-0.2, 0) is 0 Å². The lowest BCUT2D eigenvalue weighted by Gasteiger charge is -2.12. The summed E-state index contributed by atoms with van der Waals surface area (Å²) in [6, 6.07) is 11.3. The van der Waals surface area contributed by atoms with Crippen molar-refractivity contribution in [2.24, 2.45) is 0 Å². The predicted molar refractivity (Wildman–Crippen MR) is 80.9 cm³/mol. The van der Waals surface area contributed by atoms with Crippen LogP contribution >= 0.6 is 0 Å². The van der Waals surface area contributed by atoms with Gasteiger partial charge in [0.25, 0.3) is 5.91 Å². The zero-order valence-corrected chi connectivity index (χ0v) is 11.9. The van der Waals surface area contributed by atoms with Crippen LogP contribution in [0.2, 0.25) is 0 Å². The van der Waals surface area contributed by atoms with Crippen molar-refractivity contribution in [1.29, 1.82) is 0 Å². The molecule has 0 saturated carbocycles. The van der Waals surface area contributed by atoms with Crippen LogP contribution in [0.4, 0.5) is 0 Å². The van der Waals surface area contributed by atoms with Gasteiger partial charge in [0.05, 0.1) is 17.3 Å². The molecule has 5 heteroatoms. The number of aromatic nitrogens is 3. The molecule has 0 bridgehead atoms. The molecule has 21 heavy (non-hydrogen) atoms. The van der Waals surface area contributed by atoms with E-state index in [4.69, 9.17) is 0 Å². The largest absolute Gasteiger partial charge is 0.343 e. The lowest BCUT2D eigenvalue weighted by molar-refractivity contribution is 0.0935. The van der Waals surface area contributed by atoms with Crippen LogP contribution in [0.15, 0.2) is 42.6 Å². The summed E-state index contributed by atoms with van der Waals surface area (Å²) in [6.07, 6.45) is 1.71. The van der Waals surface area contributed by atoms with E-state index < -0.39 is 0 Å². The molecule has 1 unspecified atom stereocenters. The molecule has 0 aliphatic heterocycles. The molecule has 3 aromatic rings. The van der Waals surface area contributed by atoms with E-state index in [0.29, 0.717) is 5.69 Å². The van der Waals surface area contributed by atoms with Gasteiger partial charge in [0, 0.05) is 11.6 Å². The molecule has 5 nitrogen and oxygen atoms in total. The number of H-pyrrole nitrogens is 1. The van der Waals surface area contributed by atoms with Crippen molar-refractivity contribution >= 4 is 16.8 Å². The maximum atomic E-state index is 12.4. The molecule has 2 N–H and O–H groups in total. The first kappa shape index (κ1) is 13.3. The maximum absolute atomic E-state index is 12.4. The van der Waals surface area contributed by atoms with E-state index in [9.17, 15) is 4.79 Å². The number of amides is 1. The van der Waals surface area contributed by atoms with E-state index in [1.54, 1.807) is 6.20 Å². The Balaban J connectivity index is 1.86. The fourth-order valence-electron chi connectivity index (χ4n) is 2.27. The van der Waals surface area contributed by atoms with Crippen molar-refractivity contribution in [3.8, 4) is 0 Å². The van der Waals surface area contributed by atoms with Gasteiger partial charge in [-0.05, 0) is 38.1 Å². The van der Waals surface area contributed by atoms with E-state index in [0.717, 1.165) is 22.2 Å². The average Bonchev–Trinajstić information content (AvgIpc) is 2.91. The lowest BCUT2D eigenvalue weighted by Crippen LogP contribution is -2.27. The highest BCUT2D eigenvalue weighted by molar-refractivity contribution is 6.04. The van der Waals surface area contributed by atoms with Gasteiger partial charge in [-0.1, -0.05) is 17.7 Å². The molecular formula is C16H16N4O. The number of aromatic amines is 1. The summed E-state index contributed by atoms with van der Waals surface area (Å²) >= 11 is 0. The lowest BCUT2D eigenvalue weighted by atomic mass is 10.1. The van der Waals surface area contributed by atoms with Crippen LogP contribution in [0, 0.1) is 6.92 Å². The highest BCUT2D eigenvalue weighted by Gasteiger charge is 2.17. The number of aryl methyl sites for hydroxylation is 1. The van der Waals surface area contributed by atoms with Crippen LogP contribution in [0.3, 0.4) is 0 Å². The molecule has 1 aromatic carbocycles. The molecule has 0 radical (unpaired) electrons. The second-order valence-electron chi connectivity index (χ2n) is 5.07. The van der Waals surface area contributed by atoms with Gasteiger partial charge in [-0.25, -0.2) is 0 Å². The molecule has 2 heterocycles. The number of rotatable bonds is 3. The minimum absolute atomic E-state index is 0.171. The van der Waals surface area contributed by atoms with Gasteiger partial charge < -0.3 is 5.32 Å². The van der Waals surface area contributed by atoms with E-state index in [2.05, 4.69) is 20.5 Å². The number of pyridine rings is 1. The summed E-state index contributed by atoms with van der Waals surface area (Å²) in [5.74, 6) is -0.204. The Kier molecular flexibility index (Phi) is 3.39. The number of benzene rings is 1. The van der Waals surface area contributed by atoms with Crippen molar-refractivity contribution < 1.29 is 4.79 Å². The second-order valence-corrected chi connectivity index (χ2v) is 5.07. The van der Waals surface area contributed by atoms with Crippen LogP contribution in [0.5, 0.6) is 0 Å². The predicted octanol–water partition coefficient (Wildman–Crippen LogP) is 2.76. The molecule has 1 amide bonds. The van der Waals surface area contributed by atoms with Crippen LogP contribution < -0.4 is 5.32 Å². The van der Waals surface area contributed by atoms with Crippen molar-refractivity contribution in [3.63, 3.8) is 0 Å². The summed E-state index contributed by atoms with van der Waals surface area (Å²) in [6.45, 7) is 3.89. The van der Waals surface area contributed by atoms with Gasteiger partial charge in [0.1, 0.15) is 0 Å². The number of carbonyl (C=O) groups excluding carboxylic acids is 1. The smallest absolute Gasteiger partial charge is 0.272 e. The number of fused-ring (bicyclic) bond motifs is 1. The quantitative estimate of drug-likeness (QED) is 0.775. The second kappa shape index (κ2) is 5.36. The first-order valence-corrected chi connectivity index (χ1v) is 6.81. The summed E-state index contributed by atoms with van der Waals surface area (Å²) < 4.78 is 0. The Hall–Kier alpha value is -2.69. The Morgan fingerprint density at radius 2 is 2.14 bits per heavy atom. The van der Waals surface area contributed by atoms with Gasteiger partial charge in [0.15, 0.2) is 5.69 Å². The van der Waals surface area contributed by atoms with Crippen LogP contribution in [-0.4, -0.2) is 21.1 Å². The highest BCUT2D eigenvalue weighted by Crippen LogP contribution is 2.18. The molecule has 106 valence electrons. The summed E-state index contributed by atoms with van der Waals surface area (Å²) in [5, 5.41) is 10.8. The third-order valence-corrected chi connectivity index (χ3v) is 3.41. The Labute approximate surface area is 122 Å². The Morgan fingerprint density at radius 3 is 2.90 bits per heavy atom. The third kappa shape index (κ3) is 2.63. The summed E-state index contributed by atoms with van der Waals surface area (Å²) in [5.41, 5.74) is 3.19. The number of nitrogens with one attached hydrogen (secondary N) is 2. The van der Waals surface area contributed by atoms with Gasteiger partial charge in [-0.15, -0.1) is 0 Å². The summed E-state index contributed by atoms with van der Waals surface area (Å²) in [7, 11) is 0. The van der Waals surface area contributed by atoms with Gasteiger partial charge in [0.2, 0.25) is 0 Å². The molecule has 3 rings (SSSR count). The molecule has 0 fully saturated rings. The molecule has 0 spiro atoms. The topological polar surface area (TPSA) is 70.7 Å². The van der Waals surface area contributed by atoms with E-state index in [-0.39, 0.29) is 11.9 Å². The van der Waals surface area contributed by atoms with Crippen molar-refractivity contribution in [1.82, 2.24) is 20.5 Å². The normalized spacial score (nSPS) is 12.3. The fraction of sp³-hybridized carbons (Fsp3) is 0.188. The monoisotopic (exact) mass is 280 g/mol. The van der Waals surface area contributed by atoms with Crippen molar-refractivity contribution in [2.75, 3.05) is 0 Å².